The third-order valence-electron chi connectivity index (χ3n) is 5.40. The first-order valence-electron chi connectivity index (χ1n) is 8.35. The number of aliphatic hydroxyl groups excluding tert-OH is 1. The molecule has 0 aromatic carbocycles. The lowest BCUT2D eigenvalue weighted by molar-refractivity contribution is 0.0721. The van der Waals surface area contributed by atoms with Crippen LogP contribution in [-0.4, -0.2) is 11.2 Å². The highest BCUT2D eigenvalue weighted by Crippen LogP contribution is 2.42. The first-order valence-corrected chi connectivity index (χ1v) is 8.35. The molecule has 110 valence electrons. The minimum absolute atomic E-state index is 0.140. The maximum atomic E-state index is 10.6. The fraction of sp³-hybridized carbons (Fsp3) is 0.889. The molecule has 0 amide bonds. The van der Waals surface area contributed by atoms with Gasteiger partial charge in [0.2, 0.25) is 0 Å². The first-order chi connectivity index (χ1) is 8.98. The zero-order valence-corrected chi connectivity index (χ0v) is 13.1. The summed E-state index contributed by atoms with van der Waals surface area (Å²) in [5, 5.41) is 10.6. The Hall–Kier alpha value is -0.300. The van der Waals surface area contributed by atoms with Crippen LogP contribution in [0, 0.1) is 17.3 Å². The van der Waals surface area contributed by atoms with Crippen molar-refractivity contribution in [2.45, 2.75) is 84.7 Å². The molecular weight excluding hydrogens is 232 g/mol. The number of hydrogen-bond acceptors (Lipinski definition) is 1. The highest BCUT2D eigenvalue weighted by Gasteiger charge is 2.33. The van der Waals surface area contributed by atoms with Crippen LogP contribution >= 0.6 is 0 Å². The molecule has 0 saturated heterocycles. The minimum Gasteiger partial charge on any atom is -0.388 e. The standard InChI is InChI=1S/C18H32O/c1-18(2,3)16-12-10-15(11-13-16)17(19)14-8-6-4-5-7-9-14/h8,15-17,19H,4-7,9-13H2,1-3H3. The van der Waals surface area contributed by atoms with Crippen LogP contribution in [0.4, 0.5) is 0 Å². The predicted octanol–water partition coefficient (Wildman–Crippen LogP) is 5.09. The van der Waals surface area contributed by atoms with E-state index < -0.39 is 0 Å². The van der Waals surface area contributed by atoms with Crippen molar-refractivity contribution in [2.75, 3.05) is 0 Å². The molecule has 0 spiro atoms. The van der Waals surface area contributed by atoms with Crippen LogP contribution in [0.25, 0.3) is 0 Å². The Morgan fingerprint density at radius 1 is 1.05 bits per heavy atom. The van der Waals surface area contributed by atoms with Gasteiger partial charge in [-0.15, -0.1) is 0 Å². The van der Waals surface area contributed by atoms with E-state index in [1.807, 2.05) is 0 Å². The molecule has 1 atom stereocenters. The van der Waals surface area contributed by atoms with Crippen molar-refractivity contribution in [3.05, 3.63) is 11.6 Å². The topological polar surface area (TPSA) is 20.2 Å². The summed E-state index contributed by atoms with van der Waals surface area (Å²) in [5.41, 5.74) is 1.80. The molecule has 1 N–H and O–H groups in total. The van der Waals surface area contributed by atoms with Gasteiger partial charge < -0.3 is 5.11 Å². The van der Waals surface area contributed by atoms with Crippen molar-refractivity contribution in [1.82, 2.24) is 0 Å². The Morgan fingerprint density at radius 2 is 1.74 bits per heavy atom. The molecule has 0 radical (unpaired) electrons. The maximum absolute atomic E-state index is 10.6. The van der Waals surface area contributed by atoms with Crippen LogP contribution in [0.1, 0.15) is 78.6 Å². The van der Waals surface area contributed by atoms with Gasteiger partial charge >= 0.3 is 0 Å². The van der Waals surface area contributed by atoms with E-state index in [1.165, 1.54) is 56.9 Å². The lowest BCUT2D eigenvalue weighted by Gasteiger charge is -2.38. The van der Waals surface area contributed by atoms with Gasteiger partial charge in [0.15, 0.2) is 0 Å². The largest absolute Gasteiger partial charge is 0.388 e. The lowest BCUT2D eigenvalue weighted by atomic mass is 9.68. The van der Waals surface area contributed by atoms with Crippen molar-refractivity contribution in [3.8, 4) is 0 Å². The molecule has 1 nitrogen and oxygen atoms in total. The first kappa shape index (κ1) is 15.1. The molecule has 19 heavy (non-hydrogen) atoms. The van der Waals surface area contributed by atoms with Gasteiger partial charge in [0.05, 0.1) is 6.10 Å². The van der Waals surface area contributed by atoms with E-state index >= 15 is 0 Å². The highest BCUT2D eigenvalue weighted by molar-refractivity contribution is 5.11. The van der Waals surface area contributed by atoms with E-state index in [0.29, 0.717) is 11.3 Å². The molecule has 1 fully saturated rings. The Balaban J connectivity index is 1.88. The van der Waals surface area contributed by atoms with Gasteiger partial charge in [-0.1, -0.05) is 33.3 Å². The van der Waals surface area contributed by atoms with Crippen molar-refractivity contribution in [1.29, 1.82) is 0 Å². The summed E-state index contributed by atoms with van der Waals surface area (Å²) in [5.74, 6) is 1.38. The molecule has 2 rings (SSSR count). The van der Waals surface area contributed by atoms with Crippen molar-refractivity contribution in [3.63, 3.8) is 0 Å². The lowest BCUT2D eigenvalue weighted by Crippen LogP contribution is -2.31. The number of rotatable bonds is 2. The smallest absolute Gasteiger partial charge is 0.0778 e. The molecule has 1 unspecified atom stereocenters. The Labute approximate surface area is 119 Å². The van der Waals surface area contributed by atoms with E-state index in [0.717, 1.165) is 12.3 Å². The fourth-order valence-corrected chi connectivity index (χ4v) is 3.91. The van der Waals surface area contributed by atoms with Gasteiger partial charge in [-0.2, -0.15) is 0 Å². The summed E-state index contributed by atoms with van der Waals surface area (Å²) in [6.45, 7) is 7.09. The third kappa shape index (κ3) is 4.08. The fourth-order valence-electron chi connectivity index (χ4n) is 3.91. The van der Waals surface area contributed by atoms with Crippen LogP contribution in [0.2, 0.25) is 0 Å². The van der Waals surface area contributed by atoms with Crippen molar-refractivity contribution < 1.29 is 5.11 Å². The van der Waals surface area contributed by atoms with Crippen LogP contribution in [-0.2, 0) is 0 Å². The summed E-state index contributed by atoms with van der Waals surface area (Å²) in [7, 11) is 0. The van der Waals surface area contributed by atoms with Gasteiger partial charge in [0.25, 0.3) is 0 Å². The number of allylic oxidation sites excluding steroid dienone is 1. The summed E-state index contributed by atoms with van der Waals surface area (Å²) in [6.07, 6.45) is 13.5. The number of aliphatic hydroxyl groups is 1. The van der Waals surface area contributed by atoms with Crippen LogP contribution < -0.4 is 0 Å². The molecule has 1 heteroatoms. The van der Waals surface area contributed by atoms with E-state index in [2.05, 4.69) is 26.8 Å². The highest BCUT2D eigenvalue weighted by atomic mass is 16.3. The molecule has 0 heterocycles. The zero-order chi connectivity index (χ0) is 13.9. The summed E-state index contributed by atoms with van der Waals surface area (Å²) in [4.78, 5) is 0. The van der Waals surface area contributed by atoms with Crippen molar-refractivity contribution >= 4 is 0 Å². The summed E-state index contributed by atoms with van der Waals surface area (Å²) < 4.78 is 0. The quantitative estimate of drug-likeness (QED) is 0.689. The van der Waals surface area contributed by atoms with Crippen LogP contribution in [0.3, 0.4) is 0 Å². The molecule has 0 aromatic rings. The van der Waals surface area contributed by atoms with Gasteiger partial charge in [-0.25, -0.2) is 0 Å². The van der Waals surface area contributed by atoms with E-state index in [9.17, 15) is 5.11 Å². The molecule has 0 aliphatic heterocycles. The Kier molecular flexibility index (Phi) is 5.11. The monoisotopic (exact) mass is 264 g/mol. The van der Waals surface area contributed by atoms with Crippen LogP contribution in [0.15, 0.2) is 11.6 Å². The SMILES string of the molecule is CC(C)(C)C1CCC(C(O)C2=CCCCCC2)CC1. The second-order valence-corrected chi connectivity index (χ2v) is 7.80. The van der Waals surface area contributed by atoms with E-state index in [-0.39, 0.29) is 6.10 Å². The molecule has 0 aromatic heterocycles. The summed E-state index contributed by atoms with van der Waals surface area (Å²) >= 11 is 0. The van der Waals surface area contributed by atoms with Gasteiger partial charge in [0, 0.05) is 0 Å². The van der Waals surface area contributed by atoms with Crippen LogP contribution in [0.5, 0.6) is 0 Å². The van der Waals surface area contributed by atoms with Gasteiger partial charge in [0.1, 0.15) is 0 Å². The van der Waals surface area contributed by atoms with Crippen molar-refractivity contribution in [2.24, 2.45) is 17.3 Å². The summed E-state index contributed by atoms with van der Waals surface area (Å²) in [6, 6.07) is 0. The van der Waals surface area contributed by atoms with Gasteiger partial charge in [-0.3, -0.25) is 0 Å². The van der Waals surface area contributed by atoms with E-state index in [4.69, 9.17) is 0 Å². The zero-order valence-electron chi connectivity index (χ0n) is 13.1. The average Bonchev–Trinajstić information content (AvgIpc) is 2.66. The van der Waals surface area contributed by atoms with Gasteiger partial charge in [-0.05, 0) is 74.2 Å². The molecule has 2 aliphatic rings. The van der Waals surface area contributed by atoms with E-state index in [1.54, 1.807) is 0 Å². The maximum Gasteiger partial charge on any atom is 0.0778 e. The molecular formula is C18H32O. The molecule has 2 aliphatic carbocycles. The normalized spacial score (nSPS) is 31.5. The minimum atomic E-state index is -0.140. The third-order valence-corrected chi connectivity index (χ3v) is 5.40. The number of hydrogen-bond donors (Lipinski definition) is 1. The molecule has 0 bridgehead atoms. The molecule has 1 saturated carbocycles. The average molecular weight is 264 g/mol. The second kappa shape index (κ2) is 6.43. The Morgan fingerprint density at radius 3 is 2.37 bits per heavy atom. The Bertz CT molecular complexity index is 302. The second-order valence-electron chi connectivity index (χ2n) is 7.80. The predicted molar refractivity (Wildman–Crippen MR) is 82.1 cm³/mol.